The Morgan fingerprint density at radius 1 is 1.15 bits per heavy atom. The first-order valence-electron chi connectivity index (χ1n) is 8.32. The fraction of sp³-hybridized carbons (Fsp3) is 0.471. The second-order valence-corrected chi connectivity index (χ2v) is 6.78. The van der Waals surface area contributed by atoms with Gasteiger partial charge in [0.15, 0.2) is 5.75 Å². The third kappa shape index (κ3) is 3.10. The van der Waals surface area contributed by atoms with Crippen molar-refractivity contribution < 1.29 is 31.1 Å². The van der Waals surface area contributed by atoms with Crippen LogP contribution in [0.5, 0.6) is 5.75 Å². The number of fused-ring (bicyclic) bond motifs is 4. The van der Waals surface area contributed by atoms with E-state index in [1.165, 1.54) is 12.1 Å². The summed E-state index contributed by atoms with van der Waals surface area (Å²) in [7, 11) is 0. The lowest BCUT2D eigenvalue weighted by Gasteiger charge is -2.41. The number of hydrogen-bond donors (Lipinski definition) is 1. The molecule has 1 saturated carbocycles. The summed E-state index contributed by atoms with van der Waals surface area (Å²) in [5.74, 6) is -0.261. The molecule has 2 aromatic rings. The number of rotatable bonds is 1. The number of aromatic amines is 1. The summed E-state index contributed by atoms with van der Waals surface area (Å²) in [4.78, 5) is 15.0. The van der Waals surface area contributed by atoms with Crippen molar-refractivity contribution in [2.75, 3.05) is 11.4 Å². The van der Waals surface area contributed by atoms with Crippen molar-refractivity contribution >= 4 is 16.6 Å². The molecule has 1 aliphatic carbocycles. The summed E-state index contributed by atoms with van der Waals surface area (Å²) in [6.45, 7) is -1.28. The SMILES string of the molecule is O=c1cc(C(F)(F)F)c2c3c(ccc2[nH]1)N(CC(F)(F)F)[C@@H]1CCC[C@@H]1O3. The molecule has 0 amide bonds. The number of alkyl halides is 6. The van der Waals surface area contributed by atoms with Crippen LogP contribution in [0.25, 0.3) is 10.9 Å². The van der Waals surface area contributed by atoms with Crippen molar-refractivity contribution in [1.29, 1.82) is 0 Å². The van der Waals surface area contributed by atoms with Crippen molar-refractivity contribution in [1.82, 2.24) is 4.98 Å². The Bertz CT molecular complexity index is 949. The molecule has 2 aliphatic rings. The number of ether oxygens (including phenoxy) is 1. The second kappa shape index (κ2) is 5.80. The lowest BCUT2D eigenvalue weighted by atomic mass is 10.0. The average Bonchev–Trinajstić information content (AvgIpc) is 2.99. The van der Waals surface area contributed by atoms with E-state index in [9.17, 15) is 31.1 Å². The predicted octanol–water partition coefficient (Wildman–Crippen LogP) is 4.23. The Kier molecular flexibility index (Phi) is 3.87. The van der Waals surface area contributed by atoms with Crippen LogP contribution in [0, 0.1) is 0 Å². The van der Waals surface area contributed by atoms with E-state index in [2.05, 4.69) is 4.98 Å². The van der Waals surface area contributed by atoms with E-state index in [0.717, 1.165) is 4.90 Å². The van der Waals surface area contributed by atoms with E-state index < -0.39 is 47.6 Å². The molecule has 0 radical (unpaired) electrons. The molecule has 0 saturated heterocycles. The largest absolute Gasteiger partial charge is 0.485 e. The zero-order chi connectivity index (χ0) is 19.6. The molecule has 27 heavy (non-hydrogen) atoms. The minimum atomic E-state index is -4.85. The minimum absolute atomic E-state index is 0.0412. The molecule has 0 spiro atoms. The van der Waals surface area contributed by atoms with Gasteiger partial charge in [-0.3, -0.25) is 4.79 Å². The minimum Gasteiger partial charge on any atom is -0.485 e. The monoisotopic (exact) mass is 392 g/mol. The molecule has 10 heteroatoms. The van der Waals surface area contributed by atoms with E-state index in [0.29, 0.717) is 25.3 Å². The van der Waals surface area contributed by atoms with Crippen molar-refractivity contribution in [2.24, 2.45) is 0 Å². The van der Waals surface area contributed by atoms with Crippen LogP contribution in [0.4, 0.5) is 32.0 Å². The summed E-state index contributed by atoms with van der Waals surface area (Å²) >= 11 is 0. The second-order valence-electron chi connectivity index (χ2n) is 6.78. The molecule has 4 rings (SSSR count). The maximum absolute atomic E-state index is 13.5. The zero-order valence-electron chi connectivity index (χ0n) is 13.7. The molecule has 1 fully saturated rings. The molecule has 2 atom stereocenters. The Hall–Kier alpha value is -2.39. The molecule has 0 bridgehead atoms. The number of halogens is 6. The molecular weight excluding hydrogens is 378 g/mol. The molecular formula is C17H14F6N2O2. The first-order valence-corrected chi connectivity index (χ1v) is 8.32. The van der Waals surface area contributed by atoms with Crippen LogP contribution in [-0.4, -0.2) is 29.9 Å². The maximum atomic E-state index is 13.5. The molecule has 146 valence electrons. The van der Waals surface area contributed by atoms with E-state index in [1.807, 2.05) is 0 Å². The number of aromatic nitrogens is 1. The van der Waals surface area contributed by atoms with Gasteiger partial charge in [0.25, 0.3) is 0 Å². The molecule has 4 nitrogen and oxygen atoms in total. The number of H-pyrrole nitrogens is 1. The van der Waals surface area contributed by atoms with Gasteiger partial charge in [0.1, 0.15) is 12.6 Å². The summed E-state index contributed by atoms with van der Waals surface area (Å²) in [5, 5.41) is -0.419. The zero-order valence-corrected chi connectivity index (χ0v) is 13.7. The molecule has 2 heterocycles. The van der Waals surface area contributed by atoms with Crippen LogP contribution < -0.4 is 15.2 Å². The van der Waals surface area contributed by atoms with E-state index >= 15 is 0 Å². The summed E-state index contributed by atoms with van der Waals surface area (Å²) in [6, 6.07) is 2.32. The van der Waals surface area contributed by atoms with Crippen LogP contribution >= 0.6 is 0 Å². The number of anilines is 1. The quantitative estimate of drug-likeness (QED) is 0.739. The summed E-state index contributed by atoms with van der Waals surface area (Å²) < 4.78 is 85.6. The van der Waals surface area contributed by atoms with Gasteiger partial charge in [-0.1, -0.05) is 0 Å². The Morgan fingerprint density at radius 3 is 2.56 bits per heavy atom. The fourth-order valence-electron chi connectivity index (χ4n) is 4.01. The fourth-order valence-corrected chi connectivity index (χ4v) is 4.01. The number of pyridine rings is 1. The summed E-state index contributed by atoms with van der Waals surface area (Å²) in [6.07, 6.45) is -8.45. The Balaban J connectivity index is 1.99. The number of hydrogen-bond acceptors (Lipinski definition) is 3. The third-order valence-corrected chi connectivity index (χ3v) is 4.99. The first kappa shape index (κ1) is 18.0. The molecule has 1 N–H and O–H groups in total. The van der Waals surface area contributed by atoms with E-state index in [4.69, 9.17) is 4.74 Å². The van der Waals surface area contributed by atoms with Gasteiger partial charge in [-0.2, -0.15) is 26.3 Å². The van der Waals surface area contributed by atoms with Crippen LogP contribution in [0.3, 0.4) is 0 Å². The van der Waals surface area contributed by atoms with Gasteiger partial charge >= 0.3 is 12.4 Å². The van der Waals surface area contributed by atoms with Crippen LogP contribution in [0.1, 0.15) is 24.8 Å². The van der Waals surface area contributed by atoms with Crippen molar-refractivity contribution in [2.45, 2.75) is 43.8 Å². The van der Waals surface area contributed by atoms with Crippen molar-refractivity contribution in [3.8, 4) is 5.75 Å². The normalized spacial score (nSPS) is 22.5. The average molecular weight is 392 g/mol. The lowest BCUT2D eigenvalue weighted by Crippen LogP contribution is -2.50. The number of nitrogens with one attached hydrogen (secondary N) is 1. The highest BCUT2D eigenvalue weighted by Gasteiger charge is 2.45. The van der Waals surface area contributed by atoms with E-state index in [1.54, 1.807) is 0 Å². The highest BCUT2D eigenvalue weighted by Crippen LogP contribution is 2.48. The Morgan fingerprint density at radius 2 is 1.89 bits per heavy atom. The van der Waals surface area contributed by atoms with Gasteiger partial charge < -0.3 is 14.6 Å². The van der Waals surface area contributed by atoms with E-state index in [-0.39, 0.29) is 17.0 Å². The van der Waals surface area contributed by atoms with Gasteiger partial charge in [-0.15, -0.1) is 0 Å². The maximum Gasteiger partial charge on any atom is 0.417 e. The van der Waals surface area contributed by atoms with Gasteiger partial charge in [0.2, 0.25) is 5.56 Å². The van der Waals surface area contributed by atoms with Crippen LogP contribution in [0.15, 0.2) is 23.0 Å². The Labute approximate surface area is 148 Å². The van der Waals surface area contributed by atoms with Gasteiger partial charge in [0, 0.05) is 6.07 Å². The number of benzene rings is 1. The molecule has 1 aromatic carbocycles. The standard InChI is InChI=1S/C17H14F6N2O2/c18-16(19,20)7-25-10-2-1-3-12(10)27-15-11(25)5-4-9-14(15)8(17(21,22)23)6-13(26)24-9/h4-6,10,12H,1-3,7H2,(H,24,26)/t10-,12+/m1/s1. The highest BCUT2D eigenvalue weighted by molar-refractivity contribution is 5.94. The van der Waals surface area contributed by atoms with Crippen molar-refractivity contribution in [3.63, 3.8) is 0 Å². The molecule has 1 aliphatic heterocycles. The third-order valence-electron chi connectivity index (χ3n) is 4.99. The van der Waals surface area contributed by atoms with Crippen molar-refractivity contribution in [3.05, 3.63) is 34.1 Å². The molecule has 0 unspecified atom stereocenters. The van der Waals surface area contributed by atoms with Crippen LogP contribution in [0.2, 0.25) is 0 Å². The lowest BCUT2D eigenvalue weighted by molar-refractivity contribution is -0.136. The predicted molar refractivity (Wildman–Crippen MR) is 85.0 cm³/mol. The smallest absolute Gasteiger partial charge is 0.417 e. The number of nitrogens with zero attached hydrogens (tertiary/aromatic N) is 1. The molecule has 1 aromatic heterocycles. The topological polar surface area (TPSA) is 45.3 Å². The highest BCUT2D eigenvalue weighted by atomic mass is 19.4. The van der Waals surface area contributed by atoms with Crippen LogP contribution in [-0.2, 0) is 6.18 Å². The van der Waals surface area contributed by atoms with Gasteiger partial charge in [-0.25, -0.2) is 0 Å². The summed E-state index contributed by atoms with van der Waals surface area (Å²) in [5.41, 5.74) is -2.34. The first-order chi connectivity index (χ1) is 12.5. The van der Waals surface area contributed by atoms with Gasteiger partial charge in [0.05, 0.1) is 28.2 Å². The van der Waals surface area contributed by atoms with Gasteiger partial charge in [-0.05, 0) is 31.4 Å².